The number of piperazine rings is 1. The number of nitrogens with zero attached hydrogens (tertiary/aromatic N) is 2. The molecule has 1 aromatic carbocycles. The zero-order valence-electron chi connectivity index (χ0n) is 11.5. The highest BCUT2D eigenvalue weighted by Crippen LogP contribution is 2.23. The second kappa shape index (κ2) is 7.49. The Morgan fingerprint density at radius 1 is 1.00 bits per heavy atom. The Morgan fingerprint density at radius 3 is 2.32 bits per heavy atom. The molecule has 4 heteroatoms. The minimum atomic E-state index is 0.634. The minimum Gasteiger partial charge on any atom is -0.301 e. The average molecular weight is 301 g/mol. The van der Waals surface area contributed by atoms with E-state index in [-0.39, 0.29) is 0 Å². The first-order valence-electron chi connectivity index (χ1n) is 7.07. The maximum Gasteiger partial charge on any atom is 0.0595 e. The van der Waals surface area contributed by atoms with E-state index in [9.17, 15) is 0 Å². The number of hydrogen-bond acceptors (Lipinski definition) is 2. The first-order valence-corrected chi connectivity index (χ1v) is 7.83. The molecule has 0 unspecified atom stereocenters. The Balaban J connectivity index is 1.80. The molecule has 1 aliphatic rings. The summed E-state index contributed by atoms with van der Waals surface area (Å²) < 4.78 is 0. The molecule has 19 heavy (non-hydrogen) atoms. The van der Waals surface area contributed by atoms with Crippen molar-refractivity contribution in [2.24, 2.45) is 0 Å². The molecule has 1 heterocycles. The van der Waals surface area contributed by atoms with E-state index in [0.29, 0.717) is 10.0 Å². The number of halogens is 2. The van der Waals surface area contributed by atoms with Crippen molar-refractivity contribution < 1.29 is 0 Å². The van der Waals surface area contributed by atoms with Crippen LogP contribution in [0.15, 0.2) is 18.2 Å². The van der Waals surface area contributed by atoms with Gasteiger partial charge in [-0.05, 0) is 30.7 Å². The van der Waals surface area contributed by atoms with Crippen molar-refractivity contribution in [2.75, 3.05) is 32.7 Å². The largest absolute Gasteiger partial charge is 0.301 e. The normalized spacial score (nSPS) is 17.8. The van der Waals surface area contributed by atoms with Gasteiger partial charge in [0.05, 0.1) is 10.0 Å². The second-order valence-electron chi connectivity index (χ2n) is 5.22. The first kappa shape index (κ1) is 15.1. The summed E-state index contributed by atoms with van der Waals surface area (Å²) in [7, 11) is 0. The summed E-state index contributed by atoms with van der Waals surface area (Å²) in [5.41, 5.74) is 1.25. The van der Waals surface area contributed by atoms with E-state index >= 15 is 0 Å². The molecule has 1 aliphatic heterocycles. The number of benzene rings is 1. The molecule has 0 radical (unpaired) electrons. The molecule has 1 saturated heterocycles. The number of rotatable bonds is 5. The van der Waals surface area contributed by atoms with Crippen LogP contribution in [0.3, 0.4) is 0 Å². The average Bonchev–Trinajstić information content (AvgIpc) is 2.42. The van der Waals surface area contributed by atoms with Gasteiger partial charge in [0.2, 0.25) is 0 Å². The maximum atomic E-state index is 6.05. The van der Waals surface area contributed by atoms with E-state index in [1.807, 2.05) is 12.1 Å². The molecule has 0 spiro atoms. The van der Waals surface area contributed by atoms with E-state index in [4.69, 9.17) is 23.2 Å². The van der Waals surface area contributed by atoms with Gasteiger partial charge < -0.3 is 4.90 Å². The lowest BCUT2D eigenvalue weighted by Gasteiger charge is -2.34. The molecule has 0 atom stereocenters. The molecule has 1 fully saturated rings. The Hall–Kier alpha value is -0.280. The van der Waals surface area contributed by atoms with Gasteiger partial charge in [0, 0.05) is 32.7 Å². The summed E-state index contributed by atoms with van der Waals surface area (Å²) in [6.45, 7) is 9.12. The molecule has 0 bridgehead atoms. The third kappa shape index (κ3) is 4.64. The lowest BCUT2D eigenvalue weighted by atomic mass is 10.2. The van der Waals surface area contributed by atoms with Gasteiger partial charge in [-0.2, -0.15) is 0 Å². The van der Waals surface area contributed by atoms with E-state index in [1.165, 1.54) is 38.0 Å². The minimum absolute atomic E-state index is 0.634. The van der Waals surface area contributed by atoms with Gasteiger partial charge in [0.1, 0.15) is 0 Å². The zero-order valence-corrected chi connectivity index (χ0v) is 13.1. The summed E-state index contributed by atoms with van der Waals surface area (Å²) >= 11 is 12.0. The van der Waals surface area contributed by atoms with Gasteiger partial charge in [0.25, 0.3) is 0 Å². The fraction of sp³-hybridized carbons (Fsp3) is 0.600. The van der Waals surface area contributed by atoms with E-state index in [1.54, 1.807) is 0 Å². The molecular formula is C15H22Cl2N2. The predicted molar refractivity (Wildman–Crippen MR) is 83.1 cm³/mol. The van der Waals surface area contributed by atoms with Crippen molar-refractivity contribution in [3.8, 4) is 0 Å². The lowest BCUT2D eigenvalue weighted by Crippen LogP contribution is -2.46. The summed E-state index contributed by atoms with van der Waals surface area (Å²) in [4.78, 5) is 5.05. The van der Waals surface area contributed by atoms with E-state index < -0.39 is 0 Å². The highest BCUT2D eigenvalue weighted by atomic mass is 35.5. The van der Waals surface area contributed by atoms with Crippen LogP contribution in [-0.2, 0) is 6.54 Å². The van der Waals surface area contributed by atoms with Crippen LogP contribution < -0.4 is 0 Å². The zero-order chi connectivity index (χ0) is 13.7. The fourth-order valence-corrected chi connectivity index (χ4v) is 2.77. The maximum absolute atomic E-state index is 6.05. The van der Waals surface area contributed by atoms with Crippen LogP contribution in [0.2, 0.25) is 10.0 Å². The monoisotopic (exact) mass is 300 g/mol. The standard InChI is InChI=1S/C15H22Cl2N2/c1-2-3-6-18-7-9-19(10-8-18)12-13-4-5-14(16)15(17)11-13/h4-5,11H,2-3,6-10,12H2,1H3. The summed E-state index contributed by atoms with van der Waals surface area (Å²) in [5, 5.41) is 1.29. The second-order valence-corrected chi connectivity index (χ2v) is 6.03. The Morgan fingerprint density at radius 2 is 1.68 bits per heavy atom. The molecule has 0 aromatic heterocycles. The highest BCUT2D eigenvalue weighted by molar-refractivity contribution is 6.42. The van der Waals surface area contributed by atoms with Crippen LogP contribution in [0.4, 0.5) is 0 Å². The van der Waals surface area contributed by atoms with Crippen LogP contribution in [0.1, 0.15) is 25.3 Å². The Labute approximate surface area is 126 Å². The Bertz CT molecular complexity index is 401. The smallest absolute Gasteiger partial charge is 0.0595 e. The van der Waals surface area contributed by atoms with Crippen molar-refractivity contribution in [2.45, 2.75) is 26.3 Å². The molecule has 0 saturated carbocycles. The SMILES string of the molecule is CCCCN1CCN(Cc2ccc(Cl)c(Cl)c2)CC1. The molecule has 1 aromatic rings. The summed E-state index contributed by atoms with van der Waals surface area (Å²) in [6.07, 6.45) is 2.59. The quantitative estimate of drug-likeness (QED) is 0.813. The lowest BCUT2D eigenvalue weighted by molar-refractivity contribution is 0.126. The number of unbranched alkanes of at least 4 members (excludes halogenated alkanes) is 1. The van der Waals surface area contributed by atoms with Crippen molar-refractivity contribution in [3.05, 3.63) is 33.8 Å². The van der Waals surface area contributed by atoms with Crippen molar-refractivity contribution in [1.29, 1.82) is 0 Å². The third-order valence-electron chi connectivity index (χ3n) is 3.68. The molecule has 0 amide bonds. The Kier molecular flexibility index (Phi) is 5.96. The van der Waals surface area contributed by atoms with E-state index in [2.05, 4.69) is 22.8 Å². The third-order valence-corrected chi connectivity index (χ3v) is 4.42. The van der Waals surface area contributed by atoms with Crippen LogP contribution in [-0.4, -0.2) is 42.5 Å². The van der Waals surface area contributed by atoms with Gasteiger partial charge >= 0.3 is 0 Å². The van der Waals surface area contributed by atoms with Crippen molar-refractivity contribution in [3.63, 3.8) is 0 Å². The van der Waals surface area contributed by atoms with Gasteiger partial charge in [0.15, 0.2) is 0 Å². The molecule has 2 rings (SSSR count). The van der Waals surface area contributed by atoms with Crippen LogP contribution in [0, 0.1) is 0 Å². The van der Waals surface area contributed by atoms with Crippen molar-refractivity contribution in [1.82, 2.24) is 9.80 Å². The summed E-state index contributed by atoms with van der Waals surface area (Å²) in [5.74, 6) is 0. The van der Waals surface area contributed by atoms with Gasteiger partial charge in [-0.1, -0.05) is 42.6 Å². The van der Waals surface area contributed by atoms with Crippen LogP contribution in [0.25, 0.3) is 0 Å². The molecule has 106 valence electrons. The van der Waals surface area contributed by atoms with Gasteiger partial charge in [-0.3, -0.25) is 4.90 Å². The van der Waals surface area contributed by atoms with Crippen molar-refractivity contribution >= 4 is 23.2 Å². The summed E-state index contributed by atoms with van der Waals surface area (Å²) in [6, 6.07) is 5.93. The topological polar surface area (TPSA) is 6.48 Å². The fourth-order valence-electron chi connectivity index (χ4n) is 2.45. The highest BCUT2D eigenvalue weighted by Gasteiger charge is 2.16. The van der Waals surface area contributed by atoms with Gasteiger partial charge in [-0.15, -0.1) is 0 Å². The molecule has 0 N–H and O–H groups in total. The first-order chi connectivity index (χ1) is 9.19. The molecule has 2 nitrogen and oxygen atoms in total. The van der Waals surface area contributed by atoms with Crippen LogP contribution >= 0.6 is 23.2 Å². The van der Waals surface area contributed by atoms with E-state index in [0.717, 1.165) is 19.6 Å². The van der Waals surface area contributed by atoms with Gasteiger partial charge in [-0.25, -0.2) is 0 Å². The van der Waals surface area contributed by atoms with Crippen LogP contribution in [0.5, 0.6) is 0 Å². The number of hydrogen-bond donors (Lipinski definition) is 0. The molecular weight excluding hydrogens is 279 g/mol. The molecule has 0 aliphatic carbocycles. The predicted octanol–water partition coefficient (Wildman–Crippen LogP) is 3.91.